The molecule has 15 heavy (non-hydrogen) atoms. The van der Waals surface area contributed by atoms with Gasteiger partial charge in [0.2, 0.25) is 0 Å². The van der Waals surface area contributed by atoms with Gasteiger partial charge in [0.1, 0.15) is 0 Å². The summed E-state index contributed by atoms with van der Waals surface area (Å²) in [5.41, 5.74) is 7.45. The second kappa shape index (κ2) is 5.67. The van der Waals surface area contributed by atoms with Crippen LogP contribution in [0, 0.1) is 5.92 Å². The zero-order chi connectivity index (χ0) is 10.1. The lowest BCUT2D eigenvalue weighted by Crippen LogP contribution is -2.27. The van der Waals surface area contributed by atoms with Crippen LogP contribution in [0.4, 0.5) is 0 Å². The largest absolute Gasteiger partial charge is 0.324 e. The van der Waals surface area contributed by atoms with Crippen LogP contribution in [0.5, 0.6) is 0 Å². The Morgan fingerprint density at radius 2 is 1.93 bits per heavy atom. The highest BCUT2D eigenvalue weighted by atomic mass is 79.9. The molecule has 0 saturated heterocycles. The fraction of sp³-hybridized carbons (Fsp3) is 0.455. The zero-order valence-electron chi connectivity index (χ0n) is 8.25. The van der Waals surface area contributed by atoms with Crippen molar-refractivity contribution in [3.05, 3.63) is 32.7 Å². The van der Waals surface area contributed by atoms with E-state index in [-0.39, 0.29) is 18.4 Å². The minimum Gasteiger partial charge on any atom is -0.324 e. The van der Waals surface area contributed by atoms with Gasteiger partial charge in [-0.25, -0.2) is 0 Å². The van der Waals surface area contributed by atoms with Crippen molar-refractivity contribution in [2.45, 2.75) is 25.3 Å². The van der Waals surface area contributed by atoms with Gasteiger partial charge in [0.15, 0.2) is 0 Å². The van der Waals surface area contributed by atoms with Gasteiger partial charge in [0.25, 0.3) is 0 Å². The summed E-state index contributed by atoms with van der Waals surface area (Å²) >= 11 is 7.03. The first kappa shape index (κ1) is 13.5. The van der Waals surface area contributed by atoms with Crippen molar-refractivity contribution in [3.63, 3.8) is 0 Å². The first-order chi connectivity index (χ1) is 6.68. The number of hydrogen-bond donors (Lipinski definition) is 1. The van der Waals surface area contributed by atoms with Crippen molar-refractivity contribution >= 4 is 44.3 Å². The normalized spacial score (nSPS) is 17.8. The number of nitrogens with two attached hydrogens (primary N) is 1. The van der Waals surface area contributed by atoms with Crippen LogP contribution in [0.2, 0.25) is 0 Å². The maximum Gasteiger partial charge on any atom is 0.0335 e. The molecule has 0 heterocycles. The van der Waals surface area contributed by atoms with Gasteiger partial charge in [0.05, 0.1) is 0 Å². The molecule has 2 N–H and O–H groups in total. The Bertz CT molecular complexity index is 339. The molecule has 1 aromatic rings. The molecule has 1 aliphatic carbocycles. The van der Waals surface area contributed by atoms with Crippen LogP contribution in [0.25, 0.3) is 0 Å². The van der Waals surface area contributed by atoms with Crippen molar-refractivity contribution in [2.75, 3.05) is 0 Å². The molecule has 2 rings (SSSR count). The first-order valence-corrected chi connectivity index (χ1v) is 6.47. The van der Waals surface area contributed by atoms with Gasteiger partial charge in [-0.1, -0.05) is 38.3 Å². The summed E-state index contributed by atoms with van der Waals surface area (Å²) in [6, 6.07) is 6.39. The third-order valence-electron chi connectivity index (χ3n) is 2.97. The lowest BCUT2D eigenvalue weighted by atomic mass is 9.78. The van der Waals surface area contributed by atoms with Gasteiger partial charge in [-0.3, -0.25) is 0 Å². The van der Waals surface area contributed by atoms with Crippen LogP contribution in [0.15, 0.2) is 27.1 Å². The molecule has 4 heteroatoms. The monoisotopic (exact) mass is 353 g/mol. The summed E-state index contributed by atoms with van der Waals surface area (Å²) in [6.45, 7) is 0. The number of halogens is 3. The standard InChI is InChI=1S/C11H13Br2N.ClH/c12-8-4-5-10(13)9(6-8)11(14)7-2-1-3-7;/h4-7,11H,1-3,14H2;1H/t11-;/m0./s1. The van der Waals surface area contributed by atoms with E-state index in [1.165, 1.54) is 24.8 Å². The highest BCUT2D eigenvalue weighted by Crippen LogP contribution is 2.39. The van der Waals surface area contributed by atoms with E-state index in [4.69, 9.17) is 5.73 Å². The van der Waals surface area contributed by atoms with E-state index < -0.39 is 0 Å². The van der Waals surface area contributed by atoms with Crippen LogP contribution in [0.3, 0.4) is 0 Å². The molecular formula is C11H14Br2ClN. The molecule has 0 aliphatic heterocycles. The van der Waals surface area contributed by atoms with Crippen molar-refractivity contribution in [1.82, 2.24) is 0 Å². The van der Waals surface area contributed by atoms with Crippen LogP contribution in [-0.4, -0.2) is 0 Å². The highest BCUT2D eigenvalue weighted by Gasteiger charge is 2.26. The molecule has 1 saturated carbocycles. The van der Waals surface area contributed by atoms with E-state index in [0.29, 0.717) is 5.92 Å². The fourth-order valence-electron chi connectivity index (χ4n) is 1.82. The average molecular weight is 356 g/mol. The molecule has 0 radical (unpaired) electrons. The third-order valence-corrected chi connectivity index (χ3v) is 4.19. The molecule has 1 aliphatic rings. The third kappa shape index (κ3) is 2.96. The van der Waals surface area contributed by atoms with Crippen molar-refractivity contribution in [1.29, 1.82) is 0 Å². The van der Waals surface area contributed by atoms with E-state index in [9.17, 15) is 0 Å². The maximum absolute atomic E-state index is 6.22. The summed E-state index contributed by atoms with van der Waals surface area (Å²) in [5.74, 6) is 0.681. The van der Waals surface area contributed by atoms with Gasteiger partial charge >= 0.3 is 0 Å². The topological polar surface area (TPSA) is 26.0 Å². The maximum atomic E-state index is 6.22. The Morgan fingerprint density at radius 1 is 1.27 bits per heavy atom. The van der Waals surface area contributed by atoms with E-state index in [1.54, 1.807) is 0 Å². The number of rotatable bonds is 2. The molecule has 1 nitrogen and oxygen atoms in total. The Labute approximate surface area is 113 Å². The summed E-state index contributed by atoms with van der Waals surface area (Å²) in [4.78, 5) is 0. The molecule has 1 aromatic carbocycles. The Kier molecular flexibility index (Phi) is 5.10. The second-order valence-electron chi connectivity index (χ2n) is 3.88. The molecule has 0 amide bonds. The molecule has 0 aromatic heterocycles. The molecule has 1 fully saturated rings. The first-order valence-electron chi connectivity index (χ1n) is 4.89. The smallest absolute Gasteiger partial charge is 0.0335 e. The van der Waals surface area contributed by atoms with Crippen LogP contribution in [0.1, 0.15) is 30.9 Å². The highest BCUT2D eigenvalue weighted by molar-refractivity contribution is 9.11. The van der Waals surface area contributed by atoms with Crippen LogP contribution >= 0.6 is 44.3 Å². The lowest BCUT2D eigenvalue weighted by molar-refractivity contribution is 0.264. The molecule has 1 atom stereocenters. The van der Waals surface area contributed by atoms with Gasteiger partial charge < -0.3 is 5.73 Å². The van der Waals surface area contributed by atoms with E-state index in [0.717, 1.165) is 8.95 Å². The van der Waals surface area contributed by atoms with E-state index >= 15 is 0 Å². The molecule has 0 spiro atoms. The Hall–Kier alpha value is 0.430. The quantitative estimate of drug-likeness (QED) is 0.834. The second-order valence-corrected chi connectivity index (χ2v) is 5.65. The van der Waals surface area contributed by atoms with Crippen molar-refractivity contribution in [2.24, 2.45) is 11.7 Å². The van der Waals surface area contributed by atoms with Crippen molar-refractivity contribution < 1.29 is 0 Å². The van der Waals surface area contributed by atoms with E-state index in [1.807, 2.05) is 6.07 Å². The predicted molar refractivity (Wildman–Crippen MR) is 73.4 cm³/mol. The minimum atomic E-state index is 0. The summed E-state index contributed by atoms with van der Waals surface area (Å²) in [7, 11) is 0. The summed E-state index contributed by atoms with van der Waals surface area (Å²) in [5, 5.41) is 0. The Balaban J connectivity index is 0.00000112. The number of hydrogen-bond acceptors (Lipinski definition) is 1. The SMILES string of the molecule is Cl.N[C@H](c1cc(Br)ccc1Br)C1CCC1. The molecular weight excluding hydrogens is 341 g/mol. The average Bonchev–Trinajstić information content (AvgIpc) is 2.06. The molecule has 84 valence electrons. The lowest BCUT2D eigenvalue weighted by Gasteiger charge is -2.32. The fourth-order valence-corrected chi connectivity index (χ4v) is 2.71. The molecule has 0 bridgehead atoms. The molecule has 0 unspecified atom stereocenters. The van der Waals surface area contributed by atoms with Crippen LogP contribution in [-0.2, 0) is 0 Å². The van der Waals surface area contributed by atoms with Crippen molar-refractivity contribution in [3.8, 4) is 0 Å². The van der Waals surface area contributed by atoms with Gasteiger partial charge in [-0.2, -0.15) is 0 Å². The van der Waals surface area contributed by atoms with Gasteiger partial charge in [0, 0.05) is 15.0 Å². The van der Waals surface area contributed by atoms with E-state index in [2.05, 4.69) is 44.0 Å². The van der Waals surface area contributed by atoms with Gasteiger partial charge in [-0.05, 0) is 42.5 Å². The minimum absolute atomic E-state index is 0. The summed E-state index contributed by atoms with van der Waals surface area (Å²) < 4.78 is 2.23. The predicted octanol–water partition coefficient (Wildman–Crippen LogP) is 4.43. The summed E-state index contributed by atoms with van der Waals surface area (Å²) in [6.07, 6.45) is 3.89. The zero-order valence-corrected chi connectivity index (χ0v) is 12.2. The number of benzene rings is 1. The Morgan fingerprint density at radius 3 is 2.47 bits per heavy atom. The van der Waals surface area contributed by atoms with Gasteiger partial charge in [-0.15, -0.1) is 12.4 Å². The van der Waals surface area contributed by atoms with Crippen LogP contribution < -0.4 is 5.73 Å².